The Balaban J connectivity index is 1.94. The Bertz CT molecular complexity index is 657. The lowest BCUT2D eigenvalue weighted by molar-refractivity contribution is -0.146. The molecule has 3 rings (SSSR count). The SMILES string of the molecule is CN(Cc1ccccc1)C(=O)C12CCC(C)(C(=O)C1Br)C2(C)C. The van der Waals surface area contributed by atoms with E-state index in [0.717, 1.165) is 18.4 Å². The molecule has 2 bridgehead atoms. The number of nitrogens with zero attached hydrogens (tertiary/aromatic N) is 1. The summed E-state index contributed by atoms with van der Waals surface area (Å²) in [6.45, 7) is 6.78. The molecule has 4 heteroatoms. The molecule has 2 fully saturated rings. The number of amides is 1. The van der Waals surface area contributed by atoms with Gasteiger partial charge in [-0.25, -0.2) is 0 Å². The van der Waals surface area contributed by atoms with Crippen LogP contribution in [0.15, 0.2) is 30.3 Å². The Labute approximate surface area is 146 Å². The molecule has 0 N–H and O–H groups in total. The molecule has 2 aliphatic rings. The highest BCUT2D eigenvalue weighted by Gasteiger charge is 2.77. The predicted molar refractivity (Wildman–Crippen MR) is 94.2 cm³/mol. The first-order chi connectivity index (χ1) is 10.7. The summed E-state index contributed by atoms with van der Waals surface area (Å²) in [4.78, 5) is 27.6. The molecule has 3 atom stereocenters. The summed E-state index contributed by atoms with van der Waals surface area (Å²) in [6, 6.07) is 9.98. The minimum atomic E-state index is -0.637. The van der Waals surface area contributed by atoms with E-state index in [2.05, 4.69) is 29.8 Å². The van der Waals surface area contributed by atoms with Gasteiger partial charge in [-0.1, -0.05) is 67.0 Å². The second-order valence-corrected chi connectivity index (χ2v) is 8.72. The van der Waals surface area contributed by atoms with E-state index in [1.165, 1.54) is 0 Å². The van der Waals surface area contributed by atoms with E-state index < -0.39 is 10.8 Å². The molecule has 2 aliphatic carbocycles. The maximum atomic E-state index is 13.4. The molecule has 0 radical (unpaired) electrons. The van der Waals surface area contributed by atoms with Crippen LogP contribution in [0.5, 0.6) is 0 Å². The van der Waals surface area contributed by atoms with Crippen LogP contribution in [0.2, 0.25) is 0 Å². The Hall–Kier alpha value is -1.16. The molecule has 0 spiro atoms. The van der Waals surface area contributed by atoms with Crippen LogP contribution in [0, 0.1) is 16.2 Å². The van der Waals surface area contributed by atoms with Crippen molar-refractivity contribution in [3.63, 3.8) is 0 Å². The number of rotatable bonds is 3. The zero-order chi connectivity index (χ0) is 17.0. The smallest absolute Gasteiger partial charge is 0.231 e. The number of ketones is 1. The van der Waals surface area contributed by atoms with Crippen LogP contribution < -0.4 is 0 Å². The number of benzene rings is 1. The fourth-order valence-electron chi connectivity index (χ4n) is 4.70. The van der Waals surface area contributed by atoms with Crippen LogP contribution in [0.3, 0.4) is 0 Å². The Morgan fingerprint density at radius 2 is 1.83 bits per heavy atom. The lowest BCUT2D eigenvalue weighted by Gasteiger charge is -2.42. The number of alkyl halides is 1. The van der Waals surface area contributed by atoms with Crippen molar-refractivity contribution >= 4 is 27.6 Å². The molecule has 0 aliphatic heterocycles. The van der Waals surface area contributed by atoms with Crippen molar-refractivity contribution in [3.05, 3.63) is 35.9 Å². The number of fused-ring (bicyclic) bond motifs is 2. The number of halogens is 1. The molecule has 2 saturated carbocycles. The van der Waals surface area contributed by atoms with Crippen molar-refractivity contribution in [2.75, 3.05) is 7.05 Å². The van der Waals surface area contributed by atoms with Gasteiger partial charge in [-0.05, 0) is 23.8 Å². The van der Waals surface area contributed by atoms with Crippen LogP contribution in [-0.4, -0.2) is 28.5 Å². The maximum Gasteiger partial charge on any atom is 0.231 e. The van der Waals surface area contributed by atoms with Gasteiger partial charge in [0.25, 0.3) is 0 Å². The van der Waals surface area contributed by atoms with Crippen molar-refractivity contribution in [1.82, 2.24) is 4.90 Å². The molecular formula is C19H24BrNO2. The summed E-state index contributed by atoms with van der Waals surface area (Å²) in [5, 5.41) is 0. The van der Waals surface area contributed by atoms with Gasteiger partial charge in [-0.2, -0.15) is 0 Å². The standard InChI is InChI=1S/C19H24BrNO2/c1-17(2)18(3)10-11-19(17,14(20)15(18)22)16(23)21(4)12-13-8-6-5-7-9-13/h5-9,14H,10-12H2,1-4H3. The quantitative estimate of drug-likeness (QED) is 0.751. The Kier molecular flexibility index (Phi) is 3.75. The van der Waals surface area contributed by atoms with E-state index in [1.807, 2.05) is 44.3 Å². The van der Waals surface area contributed by atoms with Crippen LogP contribution in [0.1, 0.15) is 39.2 Å². The molecule has 1 aromatic carbocycles. The first-order valence-corrected chi connectivity index (χ1v) is 9.08. The van der Waals surface area contributed by atoms with Crippen molar-refractivity contribution in [1.29, 1.82) is 0 Å². The molecule has 0 heterocycles. The van der Waals surface area contributed by atoms with Crippen molar-refractivity contribution < 1.29 is 9.59 Å². The van der Waals surface area contributed by atoms with Crippen LogP contribution in [-0.2, 0) is 16.1 Å². The lowest BCUT2D eigenvalue weighted by Crippen LogP contribution is -2.51. The molecular weight excluding hydrogens is 354 g/mol. The predicted octanol–water partition coefficient (Wildman–Crippen LogP) is 3.80. The summed E-state index contributed by atoms with van der Waals surface area (Å²) < 4.78 is 0. The molecule has 0 saturated heterocycles. The highest BCUT2D eigenvalue weighted by Crippen LogP contribution is 2.72. The van der Waals surface area contributed by atoms with Gasteiger partial charge in [0.2, 0.25) is 5.91 Å². The molecule has 23 heavy (non-hydrogen) atoms. The third kappa shape index (κ3) is 1.93. The zero-order valence-corrected chi connectivity index (χ0v) is 15.8. The van der Waals surface area contributed by atoms with Gasteiger partial charge in [0.1, 0.15) is 0 Å². The molecule has 3 nitrogen and oxygen atoms in total. The normalized spacial score (nSPS) is 34.7. The monoisotopic (exact) mass is 377 g/mol. The molecule has 1 aromatic rings. The molecule has 3 unspecified atom stereocenters. The number of Topliss-reactive ketones (excluding diaryl/α,β-unsaturated/α-hetero) is 1. The van der Waals surface area contributed by atoms with Gasteiger partial charge in [0, 0.05) is 19.0 Å². The molecule has 0 aromatic heterocycles. The van der Waals surface area contributed by atoms with E-state index in [0.29, 0.717) is 6.54 Å². The van der Waals surface area contributed by atoms with Gasteiger partial charge in [-0.3, -0.25) is 9.59 Å². The van der Waals surface area contributed by atoms with Gasteiger partial charge >= 0.3 is 0 Å². The minimum Gasteiger partial charge on any atom is -0.341 e. The number of hydrogen-bond donors (Lipinski definition) is 0. The van der Waals surface area contributed by atoms with Crippen LogP contribution >= 0.6 is 15.9 Å². The second-order valence-electron chi connectivity index (χ2n) is 7.80. The van der Waals surface area contributed by atoms with Crippen molar-refractivity contribution in [2.24, 2.45) is 16.2 Å². The Morgan fingerprint density at radius 1 is 1.22 bits per heavy atom. The van der Waals surface area contributed by atoms with E-state index in [1.54, 1.807) is 4.90 Å². The van der Waals surface area contributed by atoms with E-state index in [9.17, 15) is 9.59 Å². The van der Waals surface area contributed by atoms with Gasteiger partial charge in [-0.15, -0.1) is 0 Å². The first-order valence-electron chi connectivity index (χ1n) is 8.16. The van der Waals surface area contributed by atoms with Gasteiger partial charge in [0.05, 0.1) is 10.2 Å². The van der Waals surface area contributed by atoms with Gasteiger partial charge in [0.15, 0.2) is 5.78 Å². The second kappa shape index (κ2) is 5.17. The molecule has 1 amide bonds. The van der Waals surface area contributed by atoms with Crippen molar-refractivity contribution in [2.45, 2.75) is 45.0 Å². The lowest BCUT2D eigenvalue weighted by atomic mass is 9.64. The topological polar surface area (TPSA) is 37.4 Å². The third-order valence-electron chi connectivity index (χ3n) is 6.71. The summed E-state index contributed by atoms with van der Waals surface area (Å²) in [5.74, 6) is 0.276. The fourth-order valence-corrected chi connectivity index (χ4v) is 6.20. The average molecular weight is 378 g/mol. The minimum absolute atomic E-state index is 0.0859. The van der Waals surface area contributed by atoms with Crippen LogP contribution in [0.4, 0.5) is 0 Å². The summed E-state index contributed by atoms with van der Waals surface area (Å²) in [7, 11) is 1.85. The fraction of sp³-hybridized carbons (Fsp3) is 0.579. The summed E-state index contributed by atoms with van der Waals surface area (Å²) >= 11 is 3.59. The highest BCUT2D eigenvalue weighted by atomic mass is 79.9. The van der Waals surface area contributed by atoms with E-state index >= 15 is 0 Å². The first kappa shape index (κ1) is 16.7. The van der Waals surface area contributed by atoms with E-state index in [-0.39, 0.29) is 21.9 Å². The number of carbonyl (C=O) groups is 2. The third-order valence-corrected chi connectivity index (χ3v) is 7.91. The van der Waals surface area contributed by atoms with Crippen LogP contribution in [0.25, 0.3) is 0 Å². The zero-order valence-electron chi connectivity index (χ0n) is 14.2. The Morgan fingerprint density at radius 3 is 2.35 bits per heavy atom. The van der Waals surface area contributed by atoms with Crippen molar-refractivity contribution in [3.8, 4) is 0 Å². The largest absolute Gasteiger partial charge is 0.341 e. The van der Waals surface area contributed by atoms with Gasteiger partial charge < -0.3 is 4.90 Å². The highest BCUT2D eigenvalue weighted by molar-refractivity contribution is 9.10. The molecule has 124 valence electrons. The summed E-state index contributed by atoms with van der Waals surface area (Å²) in [6.07, 6.45) is 1.57. The van der Waals surface area contributed by atoms with E-state index in [4.69, 9.17) is 0 Å². The average Bonchev–Trinajstić information content (AvgIpc) is 2.79. The number of hydrogen-bond acceptors (Lipinski definition) is 2. The summed E-state index contributed by atoms with van der Waals surface area (Å²) in [5.41, 5.74) is -0.283. The maximum absolute atomic E-state index is 13.4. The number of carbonyl (C=O) groups excluding carboxylic acids is 2.